The maximum Gasteiger partial charge on any atom is 0.123 e. The summed E-state index contributed by atoms with van der Waals surface area (Å²) < 4.78 is 13.2. The lowest BCUT2D eigenvalue weighted by Crippen LogP contribution is -2.19. The first kappa shape index (κ1) is 10.3. The highest BCUT2D eigenvalue weighted by Gasteiger charge is 2.39. The summed E-state index contributed by atoms with van der Waals surface area (Å²) in [6, 6.07) is 5.96. The molecule has 0 heterocycles. The summed E-state index contributed by atoms with van der Waals surface area (Å²) in [5.74, 6) is 1.24. The van der Waals surface area contributed by atoms with Crippen LogP contribution in [0.1, 0.15) is 36.3 Å². The predicted octanol–water partition coefficient (Wildman–Crippen LogP) is 2.99. The van der Waals surface area contributed by atoms with E-state index in [2.05, 4.69) is 12.2 Å². The number of halogens is 1. The van der Waals surface area contributed by atoms with Crippen molar-refractivity contribution in [1.82, 2.24) is 5.32 Å². The minimum absolute atomic E-state index is 0.0959. The summed E-state index contributed by atoms with van der Waals surface area (Å²) in [6.07, 6.45) is 3.91. The first-order chi connectivity index (χ1) is 7.74. The van der Waals surface area contributed by atoms with E-state index in [-0.39, 0.29) is 5.82 Å². The molecule has 0 bridgehead atoms. The molecule has 2 unspecified atom stereocenters. The highest BCUT2D eigenvalue weighted by molar-refractivity contribution is 5.34. The van der Waals surface area contributed by atoms with Gasteiger partial charge in [-0.15, -0.1) is 0 Å². The molecule has 0 spiro atoms. The quantitative estimate of drug-likeness (QED) is 0.821. The van der Waals surface area contributed by atoms with E-state index >= 15 is 0 Å². The molecule has 0 saturated heterocycles. The van der Waals surface area contributed by atoms with Crippen LogP contribution in [0.25, 0.3) is 0 Å². The van der Waals surface area contributed by atoms with E-state index in [1.165, 1.54) is 30.4 Å². The Labute approximate surface area is 96.1 Å². The predicted molar refractivity (Wildman–Crippen MR) is 63.0 cm³/mol. The molecule has 1 aromatic carbocycles. The van der Waals surface area contributed by atoms with Crippen molar-refractivity contribution in [3.8, 4) is 0 Å². The van der Waals surface area contributed by atoms with Crippen LogP contribution in [0.4, 0.5) is 4.39 Å². The Morgan fingerprint density at radius 1 is 1.38 bits per heavy atom. The van der Waals surface area contributed by atoms with Gasteiger partial charge in [-0.05, 0) is 67.8 Å². The lowest BCUT2D eigenvalue weighted by atomic mass is 10.0. The average Bonchev–Trinajstić information content (AvgIpc) is 3.13. The molecule has 16 heavy (non-hydrogen) atoms. The van der Waals surface area contributed by atoms with Crippen molar-refractivity contribution in [2.24, 2.45) is 5.92 Å². The van der Waals surface area contributed by atoms with Crippen LogP contribution in [-0.2, 0) is 0 Å². The molecule has 2 saturated carbocycles. The molecule has 0 radical (unpaired) electrons. The molecule has 2 aliphatic rings. The van der Waals surface area contributed by atoms with E-state index < -0.39 is 0 Å². The first-order valence-electron chi connectivity index (χ1n) is 6.23. The lowest BCUT2D eigenvalue weighted by molar-refractivity contribution is 0.614. The van der Waals surface area contributed by atoms with Gasteiger partial charge in [-0.2, -0.15) is 0 Å². The lowest BCUT2D eigenvalue weighted by Gasteiger charge is -2.06. The van der Waals surface area contributed by atoms with Gasteiger partial charge in [0, 0.05) is 6.04 Å². The number of hydrogen-bond acceptors (Lipinski definition) is 1. The van der Waals surface area contributed by atoms with Crippen molar-refractivity contribution in [3.05, 3.63) is 35.1 Å². The van der Waals surface area contributed by atoms with Crippen LogP contribution in [0, 0.1) is 18.7 Å². The van der Waals surface area contributed by atoms with Crippen molar-refractivity contribution in [1.29, 1.82) is 0 Å². The molecule has 2 aliphatic carbocycles. The first-order valence-corrected chi connectivity index (χ1v) is 6.23. The zero-order valence-corrected chi connectivity index (χ0v) is 9.67. The van der Waals surface area contributed by atoms with Crippen molar-refractivity contribution >= 4 is 0 Å². The van der Waals surface area contributed by atoms with Crippen LogP contribution in [-0.4, -0.2) is 12.6 Å². The third-order valence-electron chi connectivity index (χ3n) is 3.81. The van der Waals surface area contributed by atoms with E-state index in [4.69, 9.17) is 0 Å². The molecular weight excluding hydrogens is 201 g/mol. The smallest absolute Gasteiger partial charge is 0.123 e. The van der Waals surface area contributed by atoms with Crippen LogP contribution in [0.15, 0.2) is 18.2 Å². The van der Waals surface area contributed by atoms with Gasteiger partial charge in [-0.1, -0.05) is 6.07 Å². The second-order valence-electron chi connectivity index (χ2n) is 5.29. The Kier molecular flexibility index (Phi) is 2.47. The third kappa shape index (κ3) is 2.12. The molecule has 2 heteroatoms. The fourth-order valence-corrected chi connectivity index (χ4v) is 2.47. The number of rotatable bonds is 4. The highest BCUT2D eigenvalue weighted by Crippen LogP contribution is 2.48. The van der Waals surface area contributed by atoms with Gasteiger partial charge in [-0.3, -0.25) is 0 Å². The molecule has 1 nitrogen and oxygen atoms in total. The summed E-state index contributed by atoms with van der Waals surface area (Å²) in [5.41, 5.74) is 2.46. The van der Waals surface area contributed by atoms with Gasteiger partial charge in [-0.25, -0.2) is 4.39 Å². The zero-order valence-electron chi connectivity index (χ0n) is 9.67. The van der Waals surface area contributed by atoms with Crippen molar-refractivity contribution in [2.45, 2.75) is 38.1 Å². The Balaban J connectivity index is 1.62. The van der Waals surface area contributed by atoms with E-state index in [1.807, 2.05) is 6.07 Å². The van der Waals surface area contributed by atoms with Crippen LogP contribution in [0.5, 0.6) is 0 Å². The van der Waals surface area contributed by atoms with Crippen molar-refractivity contribution in [2.75, 3.05) is 6.54 Å². The van der Waals surface area contributed by atoms with Crippen LogP contribution in [0.3, 0.4) is 0 Å². The molecule has 86 valence electrons. The van der Waals surface area contributed by atoms with Crippen molar-refractivity contribution in [3.63, 3.8) is 0 Å². The van der Waals surface area contributed by atoms with Gasteiger partial charge < -0.3 is 5.32 Å². The largest absolute Gasteiger partial charge is 0.314 e. The number of aryl methyl sites for hydroxylation is 1. The monoisotopic (exact) mass is 219 g/mol. The van der Waals surface area contributed by atoms with E-state index in [0.717, 1.165) is 18.5 Å². The van der Waals surface area contributed by atoms with Gasteiger partial charge in [0.05, 0.1) is 0 Å². The van der Waals surface area contributed by atoms with Gasteiger partial charge >= 0.3 is 0 Å². The Hall–Kier alpha value is -0.890. The highest BCUT2D eigenvalue weighted by atomic mass is 19.1. The van der Waals surface area contributed by atoms with Crippen molar-refractivity contribution < 1.29 is 4.39 Å². The Bertz CT molecular complexity index is 398. The van der Waals surface area contributed by atoms with Gasteiger partial charge in [0.1, 0.15) is 5.82 Å². The summed E-state index contributed by atoms with van der Waals surface area (Å²) >= 11 is 0. The maximum atomic E-state index is 13.2. The molecule has 1 N–H and O–H groups in total. The SMILES string of the molecule is Cc1ccc(F)cc1C1CC1CNC1CC1. The summed E-state index contributed by atoms with van der Waals surface area (Å²) in [5, 5.41) is 3.56. The number of nitrogens with one attached hydrogen (secondary N) is 1. The van der Waals surface area contributed by atoms with Crippen LogP contribution >= 0.6 is 0 Å². The Morgan fingerprint density at radius 3 is 2.94 bits per heavy atom. The van der Waals surface area contributed by atoms with Gasteiger partial charge in [0.15, 0.2) is 0 Å². The molecular formula is C14H18FN. The Morgan fingerprint density at radius 2 is 2.19 bits per heavy atom. The van der Waals surface area contributed by atoms with Gasteiger partial charge in [0.2, 0.25) is 0 Å². The number of hydrogen-bond donors (Lipinski definition) is 1. The normalized spacial score (nSPS) is 28.1. The fraction of sp³-hybridized carbons (Fsp3) is 0.571. The molecule has 2 atom stereocenters. The molecule has 1 aromatic rings. The average molecular weight is 219 g/mol. The minimum Gasteiger partial charge on any atom is -0.314 e. The maximum absolute atomic E-state index is 13.2. The fourth-order valence-electron chi connectivity index (χ4n) is 2.47. The second-order valence-corrected chi connectivity index (χ2v) is 5.29. The minimum atomic E-state index is -0.0959. The third-order valence-corrected chi connectivity index (χ3v) is 3.81. The van der Waals surface area contributed by atoms with E-state index in [1.54, 1.807) is 12.1 Å². The summed E-state index contributed by atoms with van der Waals surface area (Å²) in [6.45, 7) is 3.20. The van der Waals surface area contributed by atoms with E-state index in [0.29, 0.717) is 5.92 Å². The molecule has 0 aromatic heterocycles. The second kappa shape index (κ2) is 3.85. The molecule has 2 fully saturated rings. The van der Waals surface area contributed by atoms with Crippen LogP contribution < -0.4 is 5.32 Å². The standard InChI is InChI=1S/C14H18FN/c1-9-2-3-11(15)7-13(9)14-6-10(14)8-16-12-4-5-12/h2-3,7,10,12,14,16H,4-6,8H2,1H3. The van der Waals surface area contributed by atoms with Crippen LogP contribution in [0.2, 0.25) is 0 Å². The number of benzene rings is 1. The molecule has 0 aliphatic heterocycles. The van der Waals surface area contributed by atoms with E-state index in [9.17, 15) is 4.39 Å². The zero-order chi connectivity index (χ0) is 11.1. The molecule has 3 rings (SSSR count). The summed E-state index contributed by atoms with van der Waals surface area (Å²) in [7, 11) is 0. The molecule has 0 amide bonds. The summed E-state index contributed by atoms with van der Waals surface area (Å²) in [4.78, 5) is 0. The van der Waals surface area contributed by atoms with Gasteiger partial charge in [0.25, 0.3) is 0 Å². The topological polar surface area (TPSA) is 12.0 Å².